The number of benzene rings is 2. The first-order valence-electron chi connectivity index (χ1n) is 7.48. The fourth-order valence-electron chi connectivity index (χ4n) is 3.49. The van der Waals surface area contributed by atoms with Gasteiger partial charge in [-0.3, -0.25) is 0 Å². The number of aromatic nitrogens is 1. The molecule has 0 spiro atoms. The molecular weight excluding hydrogens is 272 g/mol. The van der Waals surface area contributed by atoms with E-state index in [1.165, 1.54) is 0 Å². The maximum atomic E-state index is 11.0. The average Bonchev–Trinajstić information content (AvgIpc) is 2.53. The van der Waals surface area contributed by atoms with Crippen molar-refractivity contribution in [2.24, 2.45) is 0 Å². The molecule has 0 saturated carbocycles. The standard InChI is InChI=1S/C19H18N2O/c1-19(2)13-9-5-3-7-11(13)17-15(18(19)22)16(20)12-8-4-6-10-14(12)21-17/h3-10,18,22H,1-2H3,(H2,20,21)/t18-/m1/s1. The van der Waals surface area contributed by atoms with E-state index in [0.717, 1.165) is 33.3 Å². The normalized spacial score (nSPS) is 18.8. The minimum atomic E-state index is -0.672. The maximum absolute atomic E-state index is 11.0. The van der Waals surface area contributed by atoms with Gasteiger partial charge in [-0.05, 0) is 11.6 Å². The lowest BCUT2D eigenvalue weighted by Crippen LogP contribution is -2.32. The molecule has 1 aliphatic rings. The molecule has 3 nitrogen and oxygen atoms in total. The summed E-state index contributed by atoms with van der Waals surface area (Å²) < 4.78 is 0. The van der Waals surface area contributed by atoms with Crippen LogP contribution in [0.4, 0.5) is 5.69 Å². The van der Waals surface area contributed by atoms with Crippen molar-refractivity contribution in [2.75, 3.05) is 5.73 Å². The summed E-state index contributed by atoms with van der Waals surface area (Å²) in [5, 5.41) is 11.9. The van der Waals surface area contributed by atoms with Crippen molar-refractivity contribution in [1.82, 2.24) is 4.98 Å². The Balaban J connectivity index is 2.17. The van der Waals surface area contributed by atoms with E-state index in [9.17, 15) is 5.11 Å². The van der Waals surface area contributed by atoms with Crippen LogP contribution in [0.1, 0.15) is 31.1 Å². The van der Waals surface area contributed by atoms with Gasteiger partial charge < -0.3 is 10.8 Å². The van der Waals surface area contributed by atoms with Crippen molar-refractivity contribution in [1.29, 1.82) is 0 Å². The molecule has 1 heterocycles. The van der Waals surface area contributed by atoms with Crippen LogP contribution < -0.4 is 5.73 Å². The van der Waals surface area contributed by atoms with Crippen LogP contribution in [0.25, 0.3) is 22.2 Å². The van der Waals surface area contributed by atoms with Gasteiger partial charge in [0.2, 0.25) is 0 Å². The summed E-state index contributed by atoms with van der Waals surface area (Å²) in [6.07, 6.45) is -0.672. The third-order valence-electron chi connectivity index (χ3n) is 4.81. The van der Waals surface area contributed by atoms with E-state index in [2.05, 4.69) is 12.1 Å². The lowest BCUT2D eigenvalue weighted by atomic mass is 9.69. The second-order valence-corrected chi connectivity index (χ2v) is 6.47. The smallest absolute Gasteiger partial charge is 0.0922 e. The molecule has 3 aromatic rings. The molecule has 1 aliphatic carbocycles. The zero-order chi connectivity index (χ0) is 15.5. The predicted octanol–water partition coefficient (Wildman–Crippen LogP) is 3.81. The summed E-state index contributed by atoms with van der Waals surface area (Å²) in [5.74, 6) is 0. The van der Waals surface area contributed by atoms with Gasteiger partial charge in [-0.25, -0.2) is 4.98 Å². The minimum Gasteiger partial charge on any atom is -0.398 e. The maximum Gasteiger partial charge on any atom is 0.0922 e. The van der Waals surface area contributed by atoms with E-state index in [1.807, 2.05) is 50.2 Å². The molecule has 0 bridgehead atoms. The van der Waals surface area contributed by atoms with E-state index in [0.29, 0.717) is 5.69 Å². The molecule has 3 heteroatoms. The summed E-state index contributed by atoms with van der Waals surface area (Å²) in [6, 6.07) is 15.9. The first-order valence-corrected chi connectivity index (χ1v) is 7.48. The van der Waals surface area contributed by atoms with Crippen LogP contribution in [0.3, 0.4) is 0 Å². The fourth-order valence-corrected chi connectivity index (χ4v) is 3.49. The molecule has 110 valence electrons. The molecule has 4 rings (SSSR count). The van der Waals surface area contributed by atoms with Gasteiger partial charge in [0.1, 0.15) is 0 Å². The Bertz CT molecular complexity index is 899. The summed E-state index contributed by atoms with van der Waals surface area (Å²) in [6.45, 7) is 4.10. The van der Waals surface area contributed by atoms with Gasteiger partial charge in [0, 0.05) is 27.6 Å². The van der Waals surface area contributed by atoms with Crippen molar-refractivity contribution in [3.8, 4) is 11.3 Å². The first-order chi connectivity index (χ1) is 10.5. The Morgan fingerprint density at radius 3 is 2.55 bits per heavy atom. The summed E-state index contributed by atoms with van der Waals surface area (Å²) in [5.41, 5.74) is 11.2. The van der Waals surface area contributed by atoms with E-state index in [1.54, 1.807) is 0 Å². The first kappa shape index (κ1) is 13.3. The van der Waals surface area contributed by atoms with Gasteiger partial charge in [0.25, 0.3) is 0 Å². The number of pyridine rings is 1. The molecule has 0 aliphatic heterocycles. The van der Waals surface area contributed by atoms with Crippen LogP contribution >= 0.6 is 0 Å². The third-order valence-corrected chi connectivity index (χ3v) is 4.81. The van der Waals surface area contributed by atoms with Crippen LogP contribution in [0.5, 0.6) is 0 Å². The predicted molar refractivity (Wildman–Crippen MR) is 89.6 cm³/mol. The van der Waals surface area contributed by atoms with Crippen molar-refractivity contribution in [3.05, 3.63) is 59.7 Å². The molecule has 0 fully saturated rings. The van der Waals surface area contributed by atoms with Crippen LogP contribution in [0.2, 0.25) is 0 Å². The summed E-state index contributed by atoms with van der Waals surface area (Å²) in [7, 11) is 0. The summed E-state index contributed by atoms with van der Waals surface area (Å²) >= 11 is 0. The highest BCUT2D eigenvalue weighted by Gasteiger charge is 2.41. The zero-order valence-electron chi connectivity index (χ0n) is 12.7. The number of fused-ring (bicyclic) bond motifs is 4. The van der Waals surface area contributed by atoms with Crippen molar-refractivity contribution >= 4 is 16.6 Å². The molecule has 0 amide bonds. The lowest BCUT2D eigenvalue weighted by Gasteiger charge is -2.39. The number of nitrogens with two attached hydrogens (primary N) is 1. The van der Waals surface area contributed by atoms with E-state index in [-0.39, 0.29) is 0 Å². The number of hydrogen-bond donors (Lipinski definition) is 2. The number of hydrogen-bond acceptors (Lipinski definition) is 3. The van der Waals surface area contributed by atoms with Crippen molar-refractivity contribution in [3.63, 3.8) is 0 Å². The zero-order valence-corrected chi connectivity index (χ0v) is 12.7. The van der Waals surface area contributed by atoms with Crippen LogP contribution in [0, 0.1) is 0 Å². The lowest BCUT2D eigenvalue weighted by molar-refractivity contribution is 0.0990. The second-order valence-electron chi connectivity index (χ2n) is 6.47. The number of rotatable bonds is 0. The molecule has 22 heavy (non-hydrogen) atoms. The molecule has 3 N–H and O–H groups in total. The van der Waals surface area contributed by atoms with Gasteiger partial charge in [-0.2, -0.15) is 0 Å². The van der Waals surface area contributed by atoms with Gasteiger partial charge in [-0.1, -0.05) is 56.3 Å². The second kappa shape index (κ2) is 4.31. The number of aliphatic hydroxyl groups excluding tert-OH is 1. The summed E-state index contributed by atoms with van der Waals surface area (Å²) in [4.78, 5) is 4.79. The van der Waals surface area contributed by atoms with Gasteiger partial charge in [-0.15, -0.1) is 0 Å². The van der Waals surface area contributed by atoms with Gasteiger partial charge in [0.05, 0.1) is 17.3 Å². The number of para-hydroxylation sites is 1. The largest absolute Gasteiger partial charge is 0.398 e. The monoisotopic (exact) mass is 290 g/mol. The van der Waals surface area contributed by atoms with Crippen LogP contribution in [-0.2, 0) is 5.41 Å². The van der Waals surface area contributed by atoms with Crippen LogP contribution in [-0.4, -0.2) is 10.1 Å². The average molecular weight is 290 g/mol. The fraction of sp³-hybridized carbons (Fsp3) is 0.211. The Morgan fingerprint density at radius 1 is 1.05 bits per heavy atom. The van der Waals surface area contributed by atoms with E-state index in [4.69, 9.17) is 10.7 Å². The number of nitrogen functional groups attached to an aromatic ring is 1. The third kappa shape index (κ3) is 1.57. The highest BCUT2D eigenvalue weighted by atomic mass is 16.3. The molecule has 0 unspecified atom stereocenters. The van der Waals surface area contributed by atoms with Gasteiger partial charge >= 0.3 is 0 Å². The minimum absolute atomic E-state index is 0.401. The molecule has 0 radical (unpaired) electrons. The number of aliphatic hydroxyl groups is 1. The highest BCUT2D eigenvalue weighted by Crippen LogP contribution is 2.51. The number of anilines is 1. The quantitative estimate of drug-likeness (QED) is 0.662. The molecule has 2 aromatic carbocycles. The topological polar surface area (TPSA) is 59.1 Å². The Labute approximate surface area is 129 Å². The van der Waals surface area contributed by atoms with Crippen molar-refractivity contribution in [2.45, 2.75) is 25.4 Å². The molecule has 0 saturated heterocycles. The molecule has 1 atom stereocenters. The highest BCUT2D eigenvalue weighted by molar-refractivity contribution is 5.96. The Kier molecular flexibility index (Phi) is 2.60. The van der Waals surface area contributed by atoms with Crippen LogP contribution in [0.15, 0.2) is 48.5 Å². The Morgan fingerprint density at radius 2 is 1.73 bits per heavy atom. The van der Waals surface area contributed by atoms with Gasteiger partial charge in [0.15, 0.2) is 0 Å². The molecular formula is C19H18N2O. The van der Waals surface area contributed by atoms with E-state index < -0.39 is 11.5 Å². The van der Waals surface area contributed by atoms with E-state index >= 15 is 0 Å². The Hall–Kier alpha value is -2.39. The SMILES string of the molecule is CC1(C)c2ccccc2-c2nc3ccccc3c(N)c2[C@H]1O. The van der Waals surface area contributed by atoms with Crippen molar-refractivity contribution < 1.29 is 5.11 Å². The number of nitrogens with zero attached hydrogens (tertiary/aromatic N) is 1. The molecule has 1 aromatic heterocycles.